The molecule has 118 valence electrons. The highest BCUT2D eigenvalue weighted by atomic mass is 35.5. The maximum absolute atomic E-state index is 12.5. The number of carbonyl (C=O) groups excluding carboxylic acids is 1. The standard InChI is InChI=1S/C18H17ClN2OS/c1-11-4-9-14-15(10-11)23-17(16(14)19)18(22)20-12-5-7-13(8-6-12)21(2)3/h4-10H,1-3H3,(H,20,22). The van der Waals surface area contributed by atoms with Crippen LogP contribution in [0.25, 0.3) is 10.1 Å². The molecule has 1 aromatic heterocycles. The summed E-state index contributed by atoms with van der Waals surface area (Å²) < 4.78 is 1.03. The first-order valence-electron chi connectivity index (χ1n) is 7.23. The Kier molecular flexibility index (Phi) is 4.28. The zero-order chi connectivity index (χ0) is 16.6. The minimum absolute atomic E-state index is 0.175. The number of amides is 1. The lowest BCUT2D eigenvalue weighted by atomic mass is 10.2. The molecule has 5 heteroatoms. The molecule has 3 rings (SSSR count). The Labute approximate surface area is 144 Å². The summed E-state index contributed by atoms with van der Waals surface area (Å²) in [6.45, 7) is 2.03. The Bertz CT molecular complexity index is 869. The molecule has 0 aliphatic carbocycles. The Morgan fingerprint density at radius 2 is 1.83 bits per heavy atom. The highest BCUT2D eigenvalue weighted by molar-refractivity contribution is 7.21. The van der Waals surface area contributed by atoms with Crippen molar-refractivity contribution in [2.24, 2.45) is 0 Å². The van der Waals surface area contributed by atoms with Crippen LogP contribution in [0.1, 0.15) is 15.2 Å². The highest BCUT2D eigenvalue weighted by Crippen LogP contribution is 2.36. The van der Waals surface area contributed by atoms with E-state index in [2.05, 4.69) is 11.4 Å². The molecule has 3 aromatic rings. The predicted octanol–water partition coefficient (Wildman–Crippen LogP) is 5.18. The molecule has 1 heterocycles. The van der Waals surface area contributed by atoms with Crippen molar-refractivity contribution < 1.29 is 4.79 Å². The monoisotopic (exact) mass is 344 g/mol. The largest absolute Gasteiger partial charge is 0.378 e. The number of hydrogen-bond donors (Lipinski definition) is 1. The van der Waals surface area contributed by atoms with E-state index in [4.69, 9.17) is 11.6 Å². The van der Waals surface area contributed by atoms with Crippen LogP contribution in [0.4, 0.5) is 11.4 Å². The van der Waals surface area contributed by atoms with Gasteiger partial charge >= 0.3 is 0 Å². The lowest BCUT2D eigenvalue weighted by Gasteiger charge is -2.12. The van der Waals surface area contributed by atoms with Gasteiger partial charge in [-0.3, -0.25) is 4.79 Å². The summed E-state index contributed by atoms with van der Waals surface area (Å²) in [7, 11) is 3.96. The van der Waals surface area contributed by atoms with Crippen LogP contribution in [0.2, 0.25) is 5.02 Å². The number of benzene rings is 2. The van der Waals surface area contributed by atoms with E-state index in [1.54, 1.807) is 0 Å². The summed E-state index contributed by atoms with van der Waals surface area (Å²) in [5, 5.41) is 4.36. The number of thiophene rings is 1. The molecule has 0 aliphatic heterocycles. The van der Waals surface area contributed by atoms with Gasteiger partial charge in [0.15, 0.2) is 0 Å². The van der Waals surface area contributed by atoms with Crippen molar-refractivity contribution in [3.05, 3.63) is 57.9 Å². The Balaban J connectivity index is 1.87. The van der Waals surface area contributed by atoms with Crippen molar-refractivity contribution in [3.8, 4) is 0 Å². The van der Waals surface area contributed by atoms with E-state index in [9.17, 15) is 4.79 Å². The highest BCUT2D eigenvalue weighted by Gasteiger charge is 2.17. The topological polar surface area (TPSA) is 32.3 Å². The first kappa shape index (κ1) is 15.8. The van der Waals surface area contributed by atoms with Crippen LogP contribution in [0.3, 0.4) is 0 Å². The number of anilines is 2. The van der Waals surface area contributed by atoms with E-state index < -0.39 is 0 Å². The normalized spacial score (nSPS) is 10.8. The summed E-state index contributed by atoms with van der Waals surface area (Å²) in [5.41, 5.74) is 2.99. The fraction of sp³-hybridized carbons (Fsp3) is 0.167. The molecule has 2 aromatic carbocycles. The maximum Gasteiger partial charge on any atom is 0.267 e. The molecular formula is C18H17ClN2OS. The summed E-state index contributed by atoms with van der Waals surface area (Å²) >= 11 is 7.80. The number of hydrogen-bond acceptors (Lipinski definition) is 3. The van der Waals surface area contributed by atoms with Gasteiger partial charge in [-0.25, -0.2) is 0 Å². The SMILES string of the molecule is Cc1ccc2c(Cl)c(C(=O)Nc3ccc(N(C)C)cc3)sc2c1. The van der Waals surface area contributed by atoms with Crippen LogP contribution in [0.15, 0.2) is 42.5 Å². The number of halogens is 1. The van der Waals surface area contributed by atoms with Gasteiger partial charge < -0.3 is 10.2 Å². The average Bonchev–Trinajstić information content (AvgIpc) is 2.84. The molecule has 0 saturated heterocycles. The van der Waals surface area contributed by atoms with Gasteiger partial charge in [-0.15, -0.1) is 11.3 Å². The van der Waals surface area contributed by atoms with Crippen LogP contribution < -0.4 is 10.2 Å². The molecule has 0 fully saturated rings. The Morgan fingerprint density at radius 3 is 2.48 bits per heavy atom. The first-order valence-corrected chi connectivity index (χ1v) is 8.42. The first-order chi connectivity index (χ1) is 11.0. The van der Waals surface area contributed by atoms with E-state index >= 15 is 0 Å². The van der Waals surface area contributed by atoms with Crippen molar-refractivity contribution in [2.45, 2.75) is 6.92 Å². The molecular weight excluding hydrogens is 328 g/mol. The van der Waals surface area contributed by atoms with Gasteiger partial charge in [-0.05, 0) is 42.8 Å². The average molecular weight is 345 g/mol. The van der Waals surface area contributed by atoms with Crippen molar-refractivity contribution >= 4 is 50.3 Å². The van der Waals surface area contributed by atoms with Gasteiger partial charge in [0.2, 0.25) is 0 Å². The molecule has 0 atom stereocenters. The summed E-state index contributed by atoms with van der Waals surface area (Å²) in [5.74, 6) is -0.175. The fourth-order valence-electron chi connectivity index (χ4n) is 2.35. The molecule has 0 spiro atoms. The summed E-state index contributed by atoms with van der Waals surface area (Å²) in [6.07, 6.45) is 0. The molecule has 1 amide bonds. The third kappa shape index (κ3) is 3.19. The van der Waals surface area contributed by atoms with E-state index in [0.717, 1.165) is 27.0 Å². The second-order valence-electron chi connectivity index (χ2n) is 5.64. The number of nitrogens with zero attached hydrogens (tertiary/aromatic N) is 1. The number of aryl methyl sites for hydroxylation is 1. The van der Waals surface area contributed by atoms with Crippen LogP contribution >= 0.6 is 22.9 Å². The van der Waals surface area contributed by atoms with E-state index in [1.807, 2.05) is 62.3 Å². The van der Waals surface area contributed by atoms with E-state index in [1.165, 1.54) is 11.3 Å². The molecule has 0 saturated carbocycles. The molecule has 3 nitrogen and oxygen atoms in total. The van der Waals surface area contributed by atoms with Crippen LogP contribution in [0.5, 0.6) is 0 Å². The van der Waals surface area contributed by atoms with Gasteiger partial charge in [-0.2, -0.15) is 0 Å². The smallest absolute Gasteiger partial charge is 0.267 e. The Hall–Kier alpha value is -2.04. The zero-order valence-corrected chi connectivity index (χ0v) is 14.8. The predicted molar refractivity (Wildman–Crippen MR) is 100 cm³/mol. The lowest BCUT2D eigenvalue weighted by Crippen LogP contribution is -2.11. The van der Waals surface area contributed by atoms with Gasteiger partial charge in [0.1, 0.15) is 4.88 Å². The van der Waals surface area contributed by atoms with Gasteiger partial charge in [0.25, 0.3) is 5.91 Å². The maximum atomic E-state index is 12.5. The fourth-order valence-corrected chi connectivity index (χ4v) is 3.86. The summed E-state index contributed by atoms with van der Waals surface area (Å²) in [6, 6.07) is 13.7. The van der Waals surface area contributed by atoms with Crippen molar-refractivity contribution in [1.29, 1.82) is 0 Å². The van der Waals surface area contributed by atoms with Gasteiger partial charge in [-0.1, -0.05) is 23.7 Å². The van der Waals surface area contributed by atoms with Crippen molar-refractivity contribution in [2.75, 3.05) is 24.3 Å². The molecule has 0 aliphatic rings. The van der Waals surface area contributed by atoms with Crippen molar-refractivity contribution in [3.63, 3.8) is 0 Å². The van der Waals surface area contributed by atoms with Crippen molar-refractivity contribution in [1.82, 2.24) is 0 Å². The molecule has 0 unspecified atom stereocenters. The molecule has 1 N–H and O–H groups in total. The van der Waals surface area contributed by atoms with E-state index in [-0.39, 0.29) is 5.91 Å². The number of carbonyl (C=O) groups is 1. The second kappa shape index (κ2) is 6.22. The quantitative estimate of drug-likeness (QED) is 0.709. The third-order valence-corrected chi connectivity index (χ3v) is 5.29. The minimum atomic E-state index is -0.175. The van der Waals surface area contributed by atoms with Crippen LogP contribution in [0, 0.1) is 6.92 Å². The van der Waals surface area contributed by atoms with Crippen LogP contribution in [-0.4, -0.2) is 20.0 Å². The van der Waals surface area contributed by atoms with Gasteiger partial charge in [0.05, 0.1) is 5.02 Å². The molecule has 0 radical (unpaired) electrons. The number of nitrogens with one attached hydrogen (secondary N) is 1. The molecule has 23 heavy (non-hydrogen) atoms. The Morgan fingerprint density at radius 1 is 1.13 bits per heavy atom. The van der Waals surface area contributed by atoms with Gasteiger partial charge in [0, 0.05) is 35.6 Å². The van der Waals surface area contributed by atoms with E-state index in [0.29, 0.717) is 9.90 Å². The van der Waals surface area contributed by atoms with Crippen LogP contribution in [-0.2, 0) is 0 Å². The second-order valence-corrected chi connectivity index (χ2v) is 7.07. The number of rotatable bonds is 3. The lowest BCUT2D eigenvalue weighted by molar-refractivity contribution is 0.103. The third-order valence-electron chi connectivity index (χ3n) is 3.63. The minimum Gasteiger partial charge on any atom is -0.378 e. The summed E-state index contributed by atoms with van der Waals surface area (Å²) in [4.78, 5) is 15.1. The zero-order valence-electron chi connectivity index (χ0n) is 13.2. The molecule has 0 bridgehead atoms. The number of fused-ring (bicyclic) bond motifs is 1.